The molecule has 0 aliphatic rings. The topological polar surface area (TPSA) is 44.1 Å². The zero-order chi connectivity index (χ0) is 13.1. The number of benzene rings is 1. The predicted molar refractivity (Wildman–Crippen MR) is 80.2 cm³/mol. The maximum absolute atomic E-state index is 12.4. The molecule has 0 aliphatic carbocycles. The second-order valence-electron chi connectivity index (χ2n) is 3.95. The maximum atomic E-state index is 12.4. The second kappa shape index (κ2) is 5.69. The minimum atomic E-state index is -0.0242. The number of nitrogens with zero attached hydrogens (tertiary/aromatic N) is 2. The molecule has 0 saturated heterocycles. The minimum absolute atomic E-state index is 0.0242. The minimum Gasteiger partial charge on any atom is -0.465 e. The Hall–Kier alpha value is -1.11. The highest BCUT2D eigenvalue weighted by Gasteiger charge is 2.11. The number of ether oxygens (including phenoxy) is 1. The fourth-order valence-electron chi connectivity index (χ4n) is 1.83. The van der Waals surface area contributed by atoms with Crippen LogP contribution in [0.25, 0.3) is 10.9 Å². The number of aromatic nitrogens is 2. The summed E-state index contributed by atoms with van der Waals surface area (Å²) in [6.07, 6.45) is 0.872. The van der Waals surface area contributed by atoms with E-state index in [1.807, 2.05) is 32.0 Å². The van der Waals surface area contributed by atoms with E-state index in [9.17, 15) is 4.79 Å². The Morgan fingerprint density at radius 1 is 1.39 bits per heavy atom. The Balaban J connectivity index is 2.72. The summed E-state index contributed by atoms with van der Waals surface area (Å²) in [7, 11) is 0. The monoisotopic (exact) mass is 358 g/mol. The number of rotatable bonds is 4. The Kier molecular flexibility index (Phi) is 4.21. The van der Waals surface area contributed by atoms with Gasteiger partial charge in [-0.3, -0.25) is 9.36 Å². The smallest absolute Gasteiger partial charge is 0.299 e. The molecule has 18 heavy (non-hydrogen) atoms. The lowest BCUT2D eigenvalue weighted by molar-refractivity contribution is 0.290. The third-order valence-electron chi connectivity index (χ3n) is 2.60. The van der Waals surface area contributed by atoms with Crippen LogP contribution in [0.1, 0.15) is 20.3 Å². The number of halogens is 1. The molecule has 4 nitrogen and oxygen atoms in total. The molecular formula is C13H15IN2O2. The van der Waals surface area contributed by atoms with Crippen molar-refractivity contribution in [3.05, 3.63) is 32.1 Å². The maximum Gasteiger partial charge on any atom is 0.299 e. The Morgan fingerprint density at radius 3 is 2.83 bits per heavy atom. The summed E-state index contributed by atoms with van der Waals surface area (Å²) >= 11 is 2.20. The van der Waals surface area contributed by atoms with Crippen molar-refractivity contribution < 1.29 is 4.74 Å². The predicted octanol–water partition coefficient (Wildman–Crippen LogP) is 2.81. The van der Waals surface area contributed by atoms with Crippen molar-refractivity contribution >= 4 is 33.5 Å². The first-order valence-electron chi connectivity index (χ1n) is 6.00. The van der Waals surface area contributed by atoms with E-state index in [-0.39, 0.29) is 5.56 Å². The second-order valence-corrected chi connectivity index (χ2v) is 5.19. The van der Waals surface area contributed by atoms with Crippen LogP contribution in [0.4, 0.5) is 0 Å². The molecule has 96 valence electrons. The van der Waals surface area contributed by atoms with Crippen LogP contribution >= 0.6 is 22.6 Å². The largest absolute Gasteiger partial charge is 0.465 e. The molecule has 1 aromatic heterocycles. The molecule has 5 heteroatoms. The van der Waals surface area contributed by atoms with Crippen LogP contribution in [0.3, 0.4) is 0 Å². The first-order chi connectivity index (χ1) is 8.67. The third kappa shape index (κ3) is 2.50. The highest BCUT2D eigenvalue weighted by molar-refractivity contribution is 14.1. The van der Waals surface area contributed by atoms with Crippen molar-refractivity contribution in [2.75, 3.05) is 6.61 Å². The van der Waals surface area contributed by atoms with Crippen LogP contribution < -0.4 is 10.3 Å². The molecule has 0 atom stereocenters. The van der Waals surface area contributed by atoms with Gasteiger partial charge in [0.25, 0.3) is 11.6 Å². The molecule has 0 N–H and O–H groups in total. The highest BCUT2D eigenvalue weighted by atomic mass is 127. The lowest BCUT2D eigenvalue weighted by Gasteiger charge is -2.12. The van der Waals surface area contributed by atoms with Gasteiger partial charge in [0.05, 0.1) is 17.5 Å². The lowest BCUT2D eigenvalue weighted by atomic mass is 10.2. The first kappa shape index (κ1) is 13.3. The SMILES string of the molecule is CCCn1c(OCC)nc2ccc(I)cc2c1=O. The summed E-state index contributed by atoms with van der Waals surface area (Å²) in [6.45, 7) is 5.05. The van der Waals surface area contributed by atoms with E-state index in [0.717, 1.165) is 9.99 Å². The van der Waals surface area contributed by atoms with Gasteiger partial charge in [-0.05, 0) is 54.1 Å². The van der Waals surface area contributed by atoms with E-state index in [1.165, 1.54) is 0 Å². The quantitative estimate of drug-likeness (QED) is 0.790. The van der Waals surface area contributed by atoms with E-state index in [1.54, 1.807) is 4.57 Å². The average Bonchev–Trinajstić information content (AvgIpc) is 2.35. The fourth-order valence-corrected chi connectivity index (χ4v) is 2.32. The van der Waals surface area contributed by atoms with E-state index in [2.05, 4.69) is 27.6 Å². The zero-order valence-corrected chi connectivity index (χ0v) is 12.6. The van der Waals surface area contributed by atoms with E-state index in [0.29, 0.717) is 30.1 Å². The lowest BCUT2D eigenvalue weighted by Crippen LogP contribution is -2.23. The van der Waals surface area contributed by atoms with Gasteiger partial charge in [0.15, 0.2) is 0 Å². The molecule has 0 amide bonds. The molecule has 0 radical (unpaired) electrons. The number of fused-ring (bicyclic) bond motifs is 1. The molecule has 0 spiro atoms. The van der Waals surface area contributed by atoms with Crippen molar-refractivity contribution in [1.82, 2.24) is 9.55 Å². The van der Waals surface area contributed by atoms with E-state index >= 15 is 0 Å². The van der Waals surface area contributed by atoms with Crippen LogP contribution in [-0.2, 0) is 6.54 Å². The summed E-state index contributed by atoms with van der Waals surface area (Å²) in [5, 5.41) is 0.652. The molecule has 2 rings (SSSR count). The Bertz CT molecular complexity index is 622. The summed E-state index contributed by atoms with van der Waals surface area (Å²) < 4.78 is 8.11. The van der Waals surface area contributed by atoms with Crippen LogP contribution in [0.2, 0.25) is 0 Å². The Morgan fingerprint density at radius 2 is 2.17 bits per heavy atom. The van der Waals surface area contributed by atoms with Crippen molar-refractivity contribution in [2.24, 2.45) is 0 Å². The molecular weight excluding hydrogens is 343 g/mol. The van der Waals surface area contributed by atoms with Crippen molar-refractivity contribution in [1.29, 1.82) is 0 Å². The van der Waals surface area contributed by atoms with E-state index < -0.39 is 0 Å². The normalized spacial score (nSPS) is 10.8. The highest BCUT2D eigenvalue weighted by Crippen LogP contribution is 2.16. The van der Waals surface area contributed by atoms with E-state index in [4.69, 9.17) is 4.74 Å². The average molecular weight is 358 g/mol. The van der Waals surface area contributed by atoms with Crippen LogP contribution in [-0.4, -0.2) is 16.2 Å². The van der Waals surface area contributed by atoms with Gasteiger partial charge in [-0.1, -0.05) is 6.92 Å². The summed E-state index contributed by atoms with van der Waals surface area (Å²) in [6, 6.07) is 6.08. The standard InChI is InChI=1S/C13H15IN2O2/c1-3-7-16-12(17)10-8-9(14)5-6-11(10)15-13(16)18-4-2/h5-6,8H,3-4,7H2,1-2H3. The molecule has 1 heterocycles. The van der Waals surface area contributed by atoms with Crippen LogP contribution in [0, 0.1) is 3.57 Å². The number of hydrogen-bond acceptors (Lipinski definition) is 3. The molecule has 0 unspecified atom stereocenters. The molecule has 2 aromatic rings. The van der Waals surface area contributed by atoms with Gasteiger partial charge in [0.2, 0.25) is 0 Å². The van der Waals surface area contributed by atoms with Crippen molar-refractivity contribution in [3.8, 4) is 6.01 Å². The van der Waals surface area contributed by atoms with Gasteiger partial charge < -0.3 is 4.74 Å². The molecule has 0 aliphatic heterocycles. The molecule has 0 saturated carbocycles. The van der Waals surface area contributed by atoms with Crippen molar-refractivity contribution in [2.45, 2.75) is 26.8 Å². The van der Waals surface area contributed by atoms with Crippen LogP contribution in [0.15, 0.2) is 23.0 Å². The van der Waals surface area contributed by atoms with Crippen molar-refractivity contribution in [3.63, 3.8) is 0 Å². The van der Waals surface area contributed by atoms with Gasteiger partial charge in [0, 0.05) is 10.1 Å². The number of hydrogen-bond donors (Lipinski definition) is 0. The van der Waals surface area contributed by atoms with Gasteiger partial charge in [-0.15, -0.1) is 0 Å². The molecule has 0 fully saturated rings. The summed E-state index contributed by atoms with van der Waals surface area (Å²) in [4.78, 5) is 16.8. The summed E-state index contributed by atoms with van der Waals surface area (Å²) in [5.41, 5.74) is 0.667. The fraction of sp³-hybridized carbons (Fsp3) is 0.385. The third-order valence-corrected chi connectivity index (χ3v) is 3.27. The molecule has 0 bridgehead atoms. The Labute approximate surface area is 119 Å². The van der Waals surface area contributed by atoms with Gasteiger partial charge in [0.1, 0.15) is 0 Å². The van der Waals surface area contributed by atoms with Crippen LogP contribution in [0.5, 0.6) is 6.01 Å². The zero-order valence-electron chi connectivity index (χ0n) is 10.4. The first-order valence-corrected chi connectivity index (χ1v) is 7.08. The van der Waals surface area contributed by atoms with Gasteiger partial charge >= 0.3 is 0 Å². The van der Waals surface area contributed by atoms with Gasteiger partial charge in [-0.2, -0.15) is 4.98 Å². The molecule has 1 aromatic carbocycles. The summed E-state index contributed by atoms with van der Waals surface area (Å²) in [5.74, 6) is 0. The van der Waals surface area contributed by atoms with Gasteiger partial charge in [-0.25, -0.2) is 0 Å².